The van der Waals surface area contributed by atoms with Gasteiger partial charge in [-0.05, 0) is 65.4 Å². The van der Waals surface area contributed by atoms with Gasteiger partial charge in [-0.3, -0.25) is 19.5 Å². The van der Waals surface area contributed by atoms with Crippen molar-refractivity contribution in [1.29, 1.82) is 0 Å². The molecular formula is C25H22F2N4O3S. The molecule has 2 aromatic heterocycles. The van der Waals surface area contributed by atoms with Crippen molar-refractivity contribution >= 4 is 29.2 Å². The number of carbonyl (C=O) groups is 3. The number of carbonyl (C=O) groups excluding carboxylic acids is 3. The molecule has 3 aromatic rings. The van der Waals surface area contributed by atoms with Gasteiger partial charge in [0.25, 0.3) is 11.8 Å². The highest BCUT2D eigenvalue weighted by Crippen LogP contribution is 2.42. The Hall–Kier alpha value is -3.66. The second-order valence-corrected chi connectivity index (χ2v) is 9.47. The normalized spacial score (nSPS) is 20.9. The minimum absolute atomic E-state index is 0.159. The van der Waals surface area contributed by atoms with Crippen molar-refractivity contribution in [2.75, 3.05) is 13.1 Å². The summed E-state index contributed by atoms with van der Waals surface area (Å²) in [7, 11) is 0. The number of aromatic nitrogens is 1. The lowest BCUT2D eigenvalue weighted by molar-refractivity contribution is -0.134. The Morgan fingerprint density at radius 2 is 1.97 bits per heavy atom. The zero-order valence-corrected chi connectivity index (χ0v) is 19.4. The third-order valence-corrected chi connectivity index (χ3v) is 7.45. The number of urea groups is 1. The molecule has 4 amide bonds. The van der Waals surface area contributed by atoms with Gasteiger partial charge in [-0.2, -0.15) is 11.3 Å². The number of hydrogen-bond donors (Lipinski definition) is 1. The van der Waals surface area contributed by atoms with Crippen molar-refractivity contribution in [3.8, 4) is 0 Å². The number of hydrogen-bond acceptors (Lipinski definition) is 5. The molecule has 2 saturated heterocycles. The maximum atomic E-state index is 14.2. The zero-order chi connectivity index (χ0) is 24.6. The molecule has 0 spiro atoms. The molecule has 1 unspecified atom stereocenters. The summed E-state index contributed by atoms with van der Waals surface area (Å²) in [6, 6.07) is 7.65. The average molecular weight is 497 g/mol. The molecule has 10 heteroatoms. The standard InChI is InChI=1S/C25H22F2N4O3S/c26-19-3-4-21(27)20(12-19)22(32)30-9-5-17(6-10-30)25(18-2-1-8-28-13-18)23(33)31(24(34)29-25)14-16-7-11-35-15-16/h1-4,7-8,11-13,15,17H,5-6,9-10,14H2,(H,29,34). The highest BCUT2D eigenvalue weighted by Gasteiger charge is 2.57. The van der Waals surface area contributed by atoms with E-state index < -0.39 is 29.1 Å². The molecule has 7 nitrogen and oxygen atoms in total. The van der Waals surface area contributed by atoms with Gasteiger partial charge in [0, 0.05) is 31.0 Å². The van der Waals surface area contributed by atoms with Crippen LogP contribution in [0.2, 0.25) is 0 Å². The molecule has 2 aliphatic rings. The quantitative estimate of drug-likeness (QED) is 0.543. The van der Waals surface area contributed by atoms with Crippen molar-refractivity contribution in [3.05, 3.63) is 87.9 Å². The van der Waals surface area contributed by atoms with Crippen molar-refractivity contribution < 1.29 is 23.2 Å². The third-order valence-electron chi connectivity index (χ3n) is 6.72. The molecule has 1 aromatic carbocycles. The molecule has 0 aliphatic carbocycles. The molecule has 180 valence electrons. The predicted octanol–water partition coefficient (Wildman–Crippen LogP) is 3.92. The lowest BCUT2D eigenvalue weighted by Crippen LogP contribution is -2.54. The lowest BCUT2D eigenvalue weighted by atomic mass is 9.73. The molecule has 35 heavy (non-hydrogen) atoms. The number of amides is 4. The molecular weight excluding hydrogens is 474 g/mol. The molecule has 0 radical (unpaired) electrons. The van der Waals surface area contributed by atoms with Gasteiger partial charge in [0.05, 0.1) is 12.1 Å². The number of piperidine rings is 1. The molecule has 2 aliphatic heterocycles. The van der Waals surface area contributed by atoms with Gasteiger partial charge >= 0.3 is 6.03 Å². The van der Waals surface area contributed by atoms with Crippen LogP contribution in [0.15, 0.2) is 59.6 Å². The van der Waals surface area contributed by atoms with Gasteiger partial charge in [0.15, 0.2) is 5.54 Å². The summed E-state index contributed by atoms with van der Waals surface area (Å²) in [6.45, 7) is 0.622. The first-order valence-corrected chi connectivity index (χ1v) is 12.1. The number of nitrogens with one attached hydrogen (secondary N) is 1. The van der Waals surface area contributed by atoms with Gasteiger partial charge in [0.1, 0.15) is 11.6 Å². The smallest absolute Gasteiger partial charge is 0.325 e. The summed E-state index contributed by atoms with van der Waals surface area (Å²) in [5.41, 5.74) is -0.205. The van der Waals surface area contributed by atoms with E-state index in [1.54, 1.807) is 24.5 Å². The van der Waals surface area contributed by atoms with Crippen LogP contribution in [0, 0.1) is 17.6 Å². The topological polar surface area (TPSA) is 82.6 Å². The first-order valence-electron chi connectivity index (χ1n) is 11.2. The zero-order valence-electron chi connectivity index (χ0n) is 18.6. The highest BCUT2D eigenvalue weighted by molar-refractivity contribution is 7.07. The lowest BCUT2D eigenvalue weighted by Gasteiger charge is -2.41. The predicted molar refractivity (Wildman–Crippen MR) is 124 cm³/mol. The first kappa shape index (κ1) is 23.1. The number of nitrogens with zero attached hydrogens (tertiary/aromatic N) is 3. The van der Waals surface area contributed by atoms with Crippen LogP contribution in [0.5, 0.6) is 0 Å². The Morgan fingerprint density at radius 1 is 1.17 bits per heavy atom. The fraction of sp³-hybridized carbons (Fsp3) is 0.280. The van der Waals surface area contributed by atoms with E-state index in [-0.39, 0.29) is 37.0 Å². The summed E-state index contributed by atoms with van der Waals surface area (Å²) in [4.78, 5) is 46.5. The fourth-order valence-electron chi connectivity index (χ4n) is 4.95. The Bertz CT molecular complexity index is 1260. The molecule has 2 fully saturated rings. The van der Waals surface area contributed by atoms with Gasteiger partial charge in [-0.25, -0.2) is 13.6 Å². The highest BCUT2D eigenvalue weighted by atomic mass is 32.1. The van der Waals surface area contributed by atoms with Crippen LogP contribution in [0.1, 0.15) is 34.3 Å². The van der Waals surface area contributed by atoms with E-state index in [2.05, 4.69) is 10.3 Å². The number of thiophene rings is 1. The van der Waals surface area contributed by atoms with E-state index in [0.717, 1.165) is 23.8 Å². The summed E-state index contributed by atoms with van der Waals surface area (Å²) in [6.07, 6.45) is 3.94. The van der Waals surface area contributed by atoms with E-state index in [9.17, 15) is 23.2 Å². The number of likely N-dealkylation sites (tertiary alicyclic amines) is 1. The van der Waals surface area contributed by atoms with E-state index >= 15 is 0 Å². The average Bonchev–Trinajstić information content (AvgIpc) is 3.48. The molecule has 0 saturated carbocycles. The van der Waals surface area contributed by atoms with Gasteiger partial charge < -0.3 is 10.2 Å². The second-order valence-electron chi connectivity index (χ2n) is 8.69. The third kappa shape index (κ3) is 4.07. The van der Waals surface area contributed by atoms with Crippen molar-refractivity contribution in [2.45, 2.75) is 24.9 Å². The summed E-state index contributed by atoms with van der Waals surface area (Å²) in [5.74, 6) is -2.76. The van der Waals surface area contributed by atoms with Crippen LogP contribution >= 0.6 is 11.3 Å². The van der Waals surface area contributed by atoms with E-state index in [4.69, 9.17) is 0 Å². The number of rotatable bonds is 5. The van der Waals surface area contributed by atoms with Crippen LogP contribution in [-0.4, -0.2) is 45.7 Å². The van der Waals surface area contributed by atoms with Gasteiger partial charge in [-0.15, -0.1) is 0 Å². The summed E-state index contributed by atoms with van der Waals surface area (Å²) < 4.78 is 27.8. The Kier molecular flexibility index (Phi) is 6.06. The van der Waals surface area contributed by atoms with Crippen LogP contribution in [0.4, 0.5) is 13.6 Å². The van der Waals surface area contributed by atoms with Crippen LogP contribution in [0.3, 0.4) is 0 Å². The number of halogens is 2. The van der Waals surface area contributed by atoms with E-state index in [1.165, 1.54) is 21.1 Å². The molecule has 5 rings (SSSR count). The summed E-state index contributed by atoms with van der Waals surface area (Å²) >= 11 is 1.49. The maximum Gasteiger partial charge on any atom is 0.325 e. The fourth-order valence-corrected chi connectivity index (χ4v) is 5.61. The second kappa shape index (κ2) is 9.18. The van der Waals surface area contributed by atoms with Crippen molar-refractivity contribution in [2.24, 2.45) is 5.92 Å². The minimum atomic E-state index is -1.32. The SMILES string of the molecule is O=C(c1cc(F)ccc1F)N1CCC(C2(c3cccnc3)NC(=O)N(Cc3ccsc3)C2=O)CC1. The Balaban J connectivity index is 1.41. The Labute approximate surface area is 204 Å². The molecule has 1 N–H and O–H groups in total. The molecule has 1 atom stereocenters. The number of pyridine rings is 1. The summed E-state index contributed by atoms with van der Waals surface area (Å²) in [5, 5.41) is 6.72. The monoisotopic (exact) mass is 496 g/mol. The van der Waals surface area contributed by atoms with Gasteiger partial charge in [0.2, 0.25) is 0 Å². The van der Waals surface area contributed by atoms with Gasteiger partial charge in [-0.1, -0.05) is 6.07 Å². The van der Waals surface area contributed by atoms with E-state index in [1.807, 2.05) is 16.8 Å². The van der Waals surface area contributed by atoms with Crippen LogP contribution < -0.4 is 5.32 Å². The van der Waals surface area contributed by atoms with Crippen LogP contribution in [-0.2, 0) is 16.9 Å². The molecule has 0 bridgehead atoms. The largest absolute Gasteiger partial charge is 0.339 e. The van der Waals surface area contributed by atoms with Crippen LogP contribution in [0.25, 0.3) is 0 Å². The number of imide groups is 1. The van der Waals surface area contributed by atoms with E-state index in [0.29, 0.717) is 18.4 Å². The first-order chi connectivity index (χ1) is 16.9. The van der Waals surface area contributed by atoms with Crippen molar-refractivity contribution in [1.82, 2.24) is 20.1 Å². The number of benzene rings is 1. The Morgan fingerprint density at radius 3 is 2.66 bits per heavy atom. The minimum Gasteiger partial charge on any atom is -0.339 e. The maximum absolute atomic E-state index is 14.2. The molecule has 4 heterocycles. The van der Waals surface area contributed by atoms with Crippen molar-refractivity contribution in [3.63, 3.8) is 0 Å².